The second-order valence-electron chi connectivity index (χ2n) is 22.1. The van der Waals surface area contributed by atoms with Crippen molar-refractivity contribution in [1.29, 1.82) is 5.41 Å². The summed E-state index contributed by atoms with van der Waals surface area (Å²) < 4.78 is 0. The molecule has 0 spiro atoms. The number of carbonyl (C=O) groups excluding carboxylic acids is 7. The molecule has 27 heteroatoms. The van der Waals surface area contributed by atoms with Crippen LogP contribution in [-0.2, 0) is 62.5 Å². The summed E-state index contributed by atoms with van der Waals surface area (Å²) in [5.41, 5.74) is 7.81. The largest absolute Gasteiger partial charge is 0.508 e. The maximum atomic E-state index is 14.7. The summed E-state index contributed by atoms with van der Waals surface area (Å²) in [6.45, 7) is 0.462. The number of aromatic hydroxyl groups is 1. The van der Waals surface area contributed by atoms with Crippen LogP contribution in [0.3, 0.4) is 0 Å². The molecule has 0 unspecified atom stereocenters. The second kappa shape index (κ2) is 34.3. The lowest BCUT2D eigenvalue weighted by atomic mass is 10.00. The van der Waals surface area contributed by atoms with Crippen LogP contribution in [0.2, 0.25) is 0 Å². The number of nitrogens with zero attached hydrogens (tertiary/aromatic N) is 5. The fourth-order valence-electron chi connectivity index (χ4n) is 10.4. The third kappa shape index (κ3) is 23.0. The van der Waals surface area contributed by atoms with E-state index in [0.29, 0.717) is 29.5 Å². The van der Waals surface area contributed by atoms with E-state index in [4.69, 9.17) is 11.1 Å². The number of phenols is 1. The van der Waals surface area contributed by atoms with Crippen LogP contribution in [0.1, 0.15) is 65.6 Å². The standard InChI is InChI=1S/C61H81N13O14/c1-70-50(10-6-22-64-57(84)44-18-12-41(13-19-44)34-65-53(77)36-71-23-25-72(37-54(78)79)27-29-74(39-56(82)83)30-28-73(26-24-71)38-55(80)81)60(87)68-47(9-4-5-11-51(62)63)59(86)69-48(33-42-14-17-43-7-2-3-8-45(43)31-42)58(85)66-35-52(76)67-49(61(70)88)32-40-15-20-46(75)21-16-40/h2-3,7-8,12-21,31,47-50,75H,4-6,9-11,22-30,32-39H2,1H3,(H3,62,63)(H,64,84)(H,65,77)(H,66,85)(H,67,76)(H,68,87)(H,69,86)(H,78,79)(H,80,81)(H,82,83)/t47-,48-,49+,50+/m0/s1. The first-order chi connectivity index (χ1) is 42.1. The van der Waals surface area contributed by atoms with E-state index in [9.17, 15) is 68.4 Å². The smallest absolute Gasteiger partial charge is 0.317 e. The van der Waals surface area contributed by atoms with Gasteiger partial charge in [0.1, 0.15) is 29.9 Å². The van der Waals surface area contributed by atoms with Crippen molar-refractivity contribution < 1.29 is 68.4 Å². The van der Waals surface area contributed by atoms with Gasteiger partial charge in [0.05, 0.1) is 38.6 Å². The van der Waals surface area contributed by atoms with Gasteiger partial charge in [-0.3, -0.25) is 73.0 Å². The molecule has 6 rings (SSSR count). The molecule has 88 heavy (non-hydrogen) atoms. The van der Waals surface area contributed by atoms with E-state index in [2.05, 4.69) is 31.9 Å². The Morgan fingerprint density at radius 1 is 0.580 bits per heavy atom. The first-order valence-corrected chi connectivity index (χ1v) is 29.3. The predicted octanol–water partition coefficient (Wildman–Crippen LogP) is -0.460. The Kier molecular flexibility index (Phi) is 26.6. The number of carbonyl (C=O) groups is 10. The van der Waals surface area contributed by atoms with Crippen LogP contribution in [0.15, 0.2) is 91.0 Å². The van der Waals surface area contributed by atoms with Crippen LogP contribution in [0.25, 0.3) is 10.8 Å². The Morgan fingerprint density at radius 2 is 1.11 bits per heavy atom. The van der Waals surface area contributed by atoms with E-state index in [-0.39, 0.29) is 153 Å². The number of phenolic OH excluding ortho intramolecular Hbond substituents is 1. The first-order valence-electron chi connectivity index (χ1n) is 29.3. The van der Waals surface area contributed by atoms with Crippen molar-refractivity contribution in [3.05, 3.63) is 113 Å². The van der Waals surface area contributed by atoms with Gasteiger partial charge in [-0.1, -0.05) is 73.2 Å². The molecule has 0 saturated carbocycles. The van der Waals surface area contributed by atoms with Crippen LogP contribution in [0.5, 0.6) is 5.75 Å². The molecule has 0 bridgehead atoms. The Morgan fingerprint density at radius 3 is 1.69 bits per heavy atom. The zero-order valence-electron chi connectivity index (χ0n) is 49.4. The van der Waals surface area contributed by atoms with Gasteiger partial charge >= 0.3 is 17.9 Å². The first kappa shape index (κ1) is 68.1. The number of rotatable bonds is 24. The number of unbranched alkanes of at least 4 members (excludes halogenated alkanes) is 1. The average Bonchev–Trinajstić information content (AvgIpc) is 3.71. The summed E-state index contributed by atoms with van der Waals surface area (Å²) in [6, 6.07) is 20.7. The number of carboxylic acids is 3. The molecular weight excluding hydrogens is 1140 g/mol. The molecular formula is C61H81N13O14. The summed E-state index contributed by atoms with van der Waals surface area (Å²) in [5, 5.41) is 64.8. The quantitative estimate of drug-likeness (QED) is 0.0240. The lowest BCUT2D eigenvalue weighted by molar-refractivity contribution is -0.142. The number of nitrogens with one attached hydrogen (secondary N) is 7. The number of amides is 7. The van der Waals surface area contributed by atoms with Crippen molar-refractivity contribution in [1.82, 2.24) is 56.4 Å². The zero-order chi connectivity index (χ0) is 63.7. The van der Waals surface area contributed by atoms with E-state index >= 15 is 0 Å². The highest BCUT2D eigenvalue weighted by atomic mass is 16.4. The highest BCUT2D eigenvalue weighted by Crippen LogP contribution is 2.19. The topological polar surface area (TPSA) is 390 Å². The summed E-state index contributed by atoms with van der Waals surface area (Å²) >= 11 is 0. The fourth-order valence-corrected chi connectivity index (χ4v) is 10.4. The third-order valence-electron chi connectivity index (χ3n) is 15.3. The minimum atomic E-state index is -1.28. The number of nitrogens with two attached hydrogens (primary N) is 1. The molecule has 4 aromatic carbocycles. The summed E-state index contributed by atoms with van der Waals surface area (Å²) in [7, 11) is 1.39. The third-order valence-corrected chi connectivity index (χ3v) is 15.3. The van der Waals surface area contributed by atoms with Gasteiger partial charge in [0.25, 0.3) is 5.91 Å². The molecule has 2 aliphatic heterocycles. The molecule has 4 aromatic rings. The monoisotopic (exact) mass is 1220 g/mol. The van der Waals surface area contributed by atoms with Crippen molar-refractivity contribution >= 4 is 75.9 Å². The maximum absolute atomic E-state index is 14.7. The maximum Gasteiger partial charge on any atom is 0.317 e. The Balaban J connectivity index is 1.13. The van der Waals surface area contributed by atoms with E-state index < -0.39 is 84.1 Å². The van der Waals surface area contributed by atoms with Crippen LogP contribution in [0.4, 0.5) is 0 Å². The number of benzene rings is 4. The van der Waals surface area contributed by atoms with Gasteiger partial charge < -0.3 is 63.0 Å². The SMILES string of the molecule is CN1C(=O)[C@@H](Cc2ccc(O)cc2)NC(=O)CNC(=O)[C@H](Cc2ccc3ccccc3c2)NC(=O)[C@H](CCCCC(=N)N)NC(=O)[C@H]1CCCNC(=O)c1ccc(CNC(=O)CN2CCN(CC(=O)O)CCN(CC(=O)O)CCN(CC(=O)O)CC2)cc1. The van der Waals surface area contributed by atoms with Crippen LogP contribution in [0, 0.1) is 5.41 Å². The van der Waals surface area contributed by atoms with Crippen molar-refractivity contribution in [3.63, 3.8) is 0 Å². The molecule has 27 nitrogen and oxygen atoms in total. The molecule has 2 saturated heterocycles. The number of hydrogen-bond donors (Lipinski definition) is 12. The highest BCUT2D eigenvalue weighted by molar-refractivity contribution is 5.98. The van der Waals surface area contributed by atoms with E-state index in [1.165, 1.54) is 24.1 Å². The molecule has 2 fully saturated rings. The predicted molar refractivity (Wildman–Crippen MR) is 324 cm³/mol. The number of carboxylic acid groups (broad SMARTS) is 3. The lowest BCUT2D eigenvalue weighted by Gasteiger charge is -2.32. The Bertz CT molecular complexity index is 3060. The minimum Gasteiger partial charge on any atom is -0.508 e. The van der Waals surface area contributed by atoms with Crippen LogP contribution < -0.4 is 37.6 Å². The van der Waals surface area contributed by atoms with Crippen LogP contribution >= 0.6 is 0 Å². The van der Waals surface area contributed by atoms with Gasteiger partial charge in [0.15, 0.2) is 0 Å². The van der Waals surface area contributed by atoms with E-state index in [0.717, 1.165) is 10.8 Å². The summed E-state index contributed by atoms with van der Waals surface area (Å²) in [5.74, 6) is -7.67. The average molecular weight is 1220 g/mol. The van der Waals surface area contributed by atoms with Crippen molar-refractivity contribution in [2.45, 2.75) is 82.1 Å². The molecule has 7 amide bonds. The van der Waals surface area contributed by atoms with Crippen molar-refractivity contribution in [3.8, 4) is 5.75 Å². The second-order valence-corrected chi connectivity index (χ2v) is 22.1. The number of likely N-dealkylation sites (N-methyl/N-ethyl adjacent to an activating group) is 1. The van der Waals surface area contributed by atoms with Gasteiger partial charge in [-0.2, -0.15) is 0 Å². The fraction of sp³-hybridized carbons (Fsp3) is 0.459. The zero-order valence-corrected chi connectivity index (χ0v) is 49.4. The van der Waals surface area contributed by atoms with Gasteiger partial charge in [0.2, 0.25) is 35.4 Å². The summed E-state index contributed by atoms with van der Waals surface area (Å²) in [4.78, 5) is 141. The molecule has 2 aliphatic rings. The van der Waals surface area contributed by atoms with E-state index in [1.54, 1.807) is 56.0 Å². The van der Waals surface area contributed by atoms with Gasteiger partial charge in [-0.25, -0.2) is 0 Å². The normalized spacial score (nSPS) is 19.5. The molecule has 474 valence electrons. The van der Waals surface area contributed by atoms with Gasteiger partial charge in [-0.05, 0) is 77.4 Å². The molecule has 0 aromatic heterocycles. The molecule has 13 N–H and O–H groups in total. The van der Waals surface area contributed by atoms with E-state index in [1.807, 2.05) is 42.5 Å². The summed E-state index contributed by atoms with van der Waals surface area (Å²) in [6.07, 6.45) is 1.07. The molecule has 0 radical (unpaired) electrons. The molecule has 2 heterocycles. The Labute approximate surface area is 509 Å². The lowest BCUT2D eigenvalue weighted by Crippen LogP contribution is -2.58. The number of amidine groups is 1. The number of aliphatic carboxylic acids is 3. The molecule has 0 aliphatic carbocycles. The number of hydrogen-bond acceptors (Lipinski definition) is 16. The van der Waals surface area contributed by atoms with Crippen molar-refractivity contribution in [2.75, 3.05) is 98.7 Å². The highest BCUT2D eigenvalue weighted by Gasteiger charge is 2.36. The van der Waals surface area contributed by atoms with Crippen molar-refractivity contribution in [2.24, 2.45) is 5.73 Å². The van der Waals surface area contributed by atoms with Gasteiger partial charge in [-0.15, -0.1) is 0 Å². The van der Waals surface area contributed by atoms with Crippen LogP contribution in [-0.4, -0.2) is 233 Å². The minimum absolute atomic E-state index is 0.0122. The van der Waals surface area contributed by atoms with Gasteiger partial charge in [0, 0.05) is 97.3 Å². The Hall–Kier alpha value is -9.05. The molecule has 4 atom stereocenters. The number of fused-ring (bicyclic) bond motifs is 1.